The summed E-state index contributed by atoms with van der Waals surface area (Å²) < 4.78 is 13.6. The van der Waals surface area contributed by atoms with E-state index in [1.165, 1.54) is 6.07 Å². The minimum absolute atomic E-state index is 0.0606. The number of hydrogen-bond acceptors (Lipinski definition) is 2. The Morgan fingerprint density at radius 2 is 2.06 bits per heavy atom. The first kappa shape index (κ1) is 13.6. The van der Waals surface area contributed by atoms with Gasteiger partial charge in [-0.3, -0.25) is 0 Å². The van der Waals surface area contributed by atoms with Crippen molar-refractivity contribution in [2.24, 2.45) is 0 Å². The summed E-state index contributed by atoms with van der Waals surface area (Å²) in [6, 6.07) is 4.66. The molecule has 0 aliphatic rings. The van der Waals surface area contributed by atoms with E-state index in [2.05, 4.69) is 21.2 Å². The lowest BCUT2D eigenvalue weighted by Crippen LogP contribution is -2.38. The fraction of sp³-hybridized carbons (Fsp3) is 0.500. The summed E-state index contributed by atoms with van der Waals surface area (Å²) in [6.07, 6.45) is -0.693. The van der Waals surface area contributed by atoms with Crippen LogP contribution in [-0.4, -0.2) is 17.2 Å². The number of β-amino-alcohol motifs (C(OH)–C–C–N with tert-alkyl or cyclic N) is 1. The minimum atomic E-state index is -0.693. The van der Waals surface area contributed by atoms with Gasteiger partial charge in [0.15, 0.2) is 0 Å². The van der Waals surface area contributed by atoms with Crippen molar-refractivity contribution in [2.45, 2.75) is 32.4 Å². The molecule has 0 aliphatic heterocycles. The van der Waals surface area contributed by atoms with Crippen LogP contribution in [0.15, 0.2) is 22.7 Å². The molecule has 0 saturated heterocycles. The molecule has 0 aromatic heterocycles. The third-order valence-electron chi connectivity index (χ3n) is 2.15. The van der Waals surface area contributed by atoms with Crippen molar-refractivity contribution >= 4 is 15.9 Å². The van der Waals surface area contributed by atoms with Crippen molar-refractivity contribution in [2.75, 3.05) is 6.54 Å². The van der Waals surface area contributed by atoms with Gasteiger partial charge in [0.05, 0.1) is 10.6 Å². The van der Waals surface area contributed by atoms with Crippen LogP contribution in [0.25, 0.3) is 0 Å². The van der Waals surface area contributed by atoms with Gasteiger partial charge in [0.25, 0.3) is 0 Å². The Hall–Kier alpha value is -0.450. The predicted molar refractivity (Wildman–Crippen MR) is 66.8 cm³/mol. The van der Waals surface area contributed by atoms with Crippen molar-refractivity contribution in [3.05, 3.63) is 34.1 Å². The molecule has 1 unspecified atom stereocenters. The number of halogens is 2. The van der Waals surface area contributed by atoms with Crippen LogP contribution in [0, 0.1) is 5.82 Å². The SMILES string of the molecule is CC(C)(C)NCC(O)c1ccc(Br)c(F)c1. The molecule has 1 aromatic carbocycles. The predicted octanol–water partition coefficient (Wildman–Crippen LogP) is 3.01. The molecule has 16 heavy (non-hydrogen) atoms. The average molecular weight is 290 g/mol. The second-order valence-electron chi connectivity index (χ2n) is 4.82. The third-order valence-corrected chi connectivity index (χ3v) is 2.80. The van der Waals surface area contributed by atoms with Gasteiger partial charge in [-0.25, -0.2) is 4.39 Å². The molecule has 0 aliphatic carbocycles. The Labute approximate surface area is 104 Å². The number of hydrogen-bond donors (Lipinski definition) is 2. The van der Waals surface area contributed by atoms with Crippen molar-refractivity contribution in [3.8, 4) is 0 Å². The minimum Gasteiger partial charge on any atom is -0.387 e. The van der Waals surface area contributed by atoms with Gasteiger partial charge in [-0.05, 0) is 54.4 Å². The van der Waals surface area contributed by atoms with Gasteiger partial charge < -0.3 is 10.4 Å². The van der Waals surface area contributed by atoms with Crippen LogP contribution >= 0.6 is 15.9 Å². The van der Waals surface area contributed by atoms with E-state index in [0.717, 1.165) is 0 Å². The van der Waals surface area contributed by atoms with Crippen molar-refractivity contribution < 1.29 is 9.50 Å². The van der Waals surface area contributed by atoms with Crippen molar-refractivity contribution in [3.63, 3.8) is 0 Å². The first-order chi connectivity index (χ1) is 7.29. The zero-order valence-corrected chi connectivity index (χ0v) is 11.3. The van der Waals surface area contributed by atoms with E-state index in [-0.39, 0.29) is 11.4 Å². The van der Waals surface area contributed by atoms with Gasteiger partial charge in [0.2, 0.25) is 0 Å². The summed E-state index contributed by atoms with van der Waals surface area (Å²) in [6.45, 7) is 6.45. The highest BCUT2D eigenvalue weighted by Gasteiger charge is 2.14. The maximum absolute atomic E-state index is 13.2. The fourth-order valence-electron chi connectivity index (χ4n) is 1.24. The summed E-state index contributed by atoms with van der Waals surface area (Å²) in [7, 11) is 0. The van der Waals surface area contributed by atoms with Crippen LogP contribution in [-0.2, 0) is 0 Å². The smallest absolute Gasteiger partial charge is 0.137 e. The van der Waals surface area contributed by atoms with Gasteiger partial charge in [0.1, 0.15) is 5.82 Å². The molecule has 1 aromatic rings. The van der Waals surface area contributed by atoms with Gasteiger partial charge in [-0.15, -0.1) is 0 Å². The molecular formula is C12H17BrFNO. The van der Waals surface area contributed by atoms with E-state index in [0.29, 0.717) is 16.6 Å². The highest BCUT2D eigenvalue weighted by molar-refractivity contribution is 9.10. The lowest BCUT2D eigenvalue weighted by atomic mass is 10.1. The lowest BCUT2D eigenvalue weighted by molar-refractivity contribution is 0.163. The molecule has 0 amide bonds. The monoisotopic (exact) mass is 289 g/mol. The Morgan fingerprint density at radius 1 is 1.44 bits per heavy atom. The highest BCUT2D eigenvalue weighted by Crippen LogP contribution is 2.20. The molecule has 4 heteroatoms. The van der Waals surface area contributed by atoms with Gasteiger partial charge in [-0.2, -0.15) is 0 Å². The molecular weight excluding hydrogens is 273 g/mol. The topological polar surface area (TPSA) is 32.3 Å². The fourth-order valence-corrected chi connectivity index (χ4v) is 1.49. The first-order valence-corrected chi connectivity index (χ1v) is 5.97. The number of aliphatic hydroxyl groups excluding tert-OH is 1. The largest absolute Gasteiger partial charge is 0.387 e. The Bertz CT molecular complexity index is 363. The van der Waals surface area contributed by atoms with Crippen LogP contribution in [0.2, 0.25) is 0 Å². The molecule has 0 fully saturated rings. The molecule has 1 atom stereocenters. The number of benzene rings is 1. The van der Waals surface area contributed by atoms with Crippen LogP contribution in [0.5, 0.6) is 0 Å². The molecule has 0 radical (unpaired) electrons. The highest BCUT2D eigenvalue weighted by atomic mass is 79.9. The third kappa shape index (κ3) is 4.20. The van der Waals surface area contributed by atoms with Crippen LogP contribution in [0.4, 0.5) is 4.39 Å². The summed E-state index contributed by atoms with van der Waals surface area (Å²) in [5.74, 6) is -0.354. The van der Waals surface area contributed by atoms with Crippen LogP contribution in [0.3, 0.4) is 0 Å². The molecule has 0 bridgehead atoms. The van der Waals surface area contributed by atoms with Crippen molar-refractivity contribution in [1.29, 1.82) is 0 Å². The van der Waals surface area contributed by atoms with Crippen molar-refractivity contribution in [1.82, 2.24) is 5.32 Å². The average Bonchev–Trinajstić information content (AvgIpc) is 2.17. The van der Waals surface area contributed by atoms with E-state index in [9.17, 15) is 9.50 Å². The second-order valence-corrected chi connectivity index (χ2v) is 5.67. The molecule has 1 rings (SSSR count). The van der Waals surface area contributed by atoms with Gasteiger partial charge >= 0.3 is 0 Å². The summed E-state index contributed by atoms with van der Waals surface area (Å²) in [5, 5.41) is 13.0. The number of rotatable bonds is 3. The maximum Gasteiger partial charge on any atom is 0.137 e. The molecule has 0 heterocycles. The summed E-state index contributed by atoms with van der Waals surface area (Å²) >= 11 is 3.08. The van der Waals surface area contributed by atoms with Crippen LogP contribution in [0.1, 0.15) is 32.4 Å². The van der Waals surface area contributed by atoms with Gasteiger partial charge in [0, 0.05) is 12.1 Å². The molecule has 2 nitrogen and oxygen atoms in total. The number of nitrogens with one attached hydrogen (secondary N) is 1. The Morgan fingerprint density at radius 3 is 2.56 bits per heavy atom. The van der Waals surface area contributed by atoms with Crippen LogP contribution < -0.4 is 5.32 Å². The quantitative estimate of drug-likeness (QED) is 0.897. The molecule has 0 spiro atoms. The normalized spacial score (nSPS) is 13.9. The molecule has 0 saturated carbocycles. The number of aliphatic hydroxyl groups is 1. The van der Waals surface area contributed by atoms with Gasteiger partial charge in [-0.1, -0.05) is 6.07 Å². The lowest BCUT2D eigenvalue weighted by Gasteiger charge is -2.23. The zero-order chi connectivity index (χ0) is 12.3. The molecule has 2 N–H and O–H groups in total. The maximum atomic E-state index is 13.2. The summed E-state index contributed by atoms with van der Waals surface area (Å²) in [4.78, 5) is 0. The van der Waals surface area contributed by atoms with E-state index < -0.39 is 6.10 Å². The Balaban J connectivity index is 2.66. The second kappa shape index (κ2) is 5.25. The van der Waals surface area contributed by atoms with E-state index in [1.54, 1.807) is 12.1 Å². The standard InChI is InChI=1S/C12H17BrFNO/c1-12(2,3)15-7-11(16)8-4-5-9(13)10(14)6-8/h4-6,11,15-16H,7H2,1-3H3. The van der Waals surface area contributed by atoms with E-state index in [1.807, 2.05) is 20.8 Å². The first-order valence-electron chi connectivity index (χ1n) is 5.17. The Kier molecular flexibility index (Phi) is 4.47. The van der Waals surface area contributed by atoms with E-state index >= 15 is 0 Å². The summed E-state index contributed by atoms with van der Waals surface area (Å²) in [5.41, 5.74) is 0.520. The zero-order valence-electron chi connectivity index (χ0n) is 9.72. The van der Waals surface area contributed by atoms with E-state index in [4.69, 9.17) is 0 Å². The molecule has 90 valence electrons.